The van der Waals surface area contributed by atoms with Crippen molar-refractivity contribution in [2.24, 2.45) is 5.92 Å². The van der Waals surface area contributed by atoms with E-state index in [-0.39, 0.29) is 30.6 Å². The molecule has 1 amide bonds. The second-order valence-corrected chi connectivity index (χ2v) is 9.15. The van der Waals surface area contributed by atoms with Crippen molar-refractivity contribution in [2.45, 2.75) is 32.0 Å². The lowest BCUT2D eigenvalue weighted by atomic mass is 9.90. The molecule has 188 valence electrons. The molecule has 0 unspecified atom stereocenters. The highest BCUT2D eigenvalue weighted by molar-refractivity contribution is 6.04. The summed E-state index contributed by atoms with van der Waals surface area (Å²) in [5.41, 5.74) is 3.84. The van der Waals surface area contributed by atoms with Gasteiger partial charge in [0.05, 0.1) is 24.4 Å². The van der Waals surface area contributed by atoms with E-state index in [1.807, 2.05) is 61.7 Å². The number of nitrogens with zero attached hydrogens (tertiary/aromatic N) is 2. The summed E-state index contributed by atoms with van der Waals surface area (Å²) < 4.78 is 13.0. The largest absolute Gasteiger partial charge is 0.392 e. The minimum atomic E-state index is -0.610. The molecule has 2 heterocycles. The number of carbonyl (C=O) groups excluding carboxylic acids is 1. The molecule has 0 aliphatic carbocycles. The van der Waals surface area contributed by atoms with Gasteiger partial charge in [-0.15, -0.1) is 6.58 Å². The van der Waals surface area contributed by atoms with Crippen molar-refractivity contribution in [3.8, 4) is 0 Å². The summed E-state index contributed by atoms with van der Waals surface area (Å²) in [6.45, 7) is 7.45. The van der Waals surface area contributed by atoms with E-state index in [0.717, 1.165) is 29.8 Å². The number of hydrogen-bond donors (Lipinski definition) is 2. The molecule has 1 aliphatic rings. The lowest BCUT2D eigenvalue weighted by Gasteiger charge is -2.42. The monoisotopic (exact) mass is 487 g/mol. The molecule has 36 heavy (non-hydrogen) atoms. The number of rotatable bonds is 9. The fraction of sp³-hybridized carbons (Fsp3) is 0.310. The van der Waals surface area contributed by atoms with E-state index in [2.05, 4.69) is 28.7 Å². The fourth-order valence-electron chi connectivity index (χ4n) is 4.39. The normalized spacial score (nSPS) is 21.8. The maximum atomic E-state index is 12.6. The Morgan fingerprint density at radius 1 is 1.14 bits per heavy atom. The van der Waals surface area contributed by atoms with E-state index < -0.39 is 6.29 Å². The zero-order valence-corrected chi connectivity index (χ0v) is 20.7. The number of aromatic nitrogens is 1. The van der Waals surface area contributed by atoms with Gasteiger partial charge in [-0.3, -0.25) is 9.78 Å². The molecule has 2 aromatic carbocycles. The van der Waals surface area contributed by atoms with Crippen LogP contribution in [0.25, 0.3) is 0 Å². The Labute approximate surface area is 212 Å². The predicted octanol–water partition coefficient (Wildman–Crippen LogP) is 4.74. The van der Waals surface area contributed by atoms with Crippen LogP contribution in [0.15, 0.2) is 85.7 Å². The Balaban J connectivity index is 1.58. The maximum Gasteiger partial charge on any atom is 0.257 e. The third-order valence-electron chi connectivity index (χ3n) is 6.40. The first-order chi connectivity index (χ1) is 17.5. The minimum absolute atomic E-state index is 0.000374. The van der Waals surface area contributed by atoms with Crippen molar-refractivity contribution in [3.63, 3.8) is 0 Å². The summed E-state index contributed by atoms with van der Waals surface area (Å²) in [7, 11) is 2.04. The van der Waals surface area contributed by atoms with Crippen molar-refractivity contribution in [1.82, 2.24) is 9.88 Å². The number of likely N-dealkylation sites (N-methyl/N-ethyl adjacent to an activating group) is 1. The Hall–Kier alpha value is -3.36. The second kappa shape index (κ2) is 12.1. The molecule has 4 rings (SSSR count). The summed E-state index contributed by atoms with van der Waals surface area (Å²) in [6, 6.07) is 18.8. The Morgan fingerprint density at radius 3 is 2.64 bits per heavy atom. The lowest BCUT2D eigenvalue weighted by molar-refractivity contribution is -0.275. The van der Waals surface area contributed by atoms with E-state index in [1.165, 1.54) is 6.20 Å². The number of ether oxygens (including phenoxy) is 2. The van der Waals surface area contributed by atoms with Crippen molar-refractivity contribution in [2.75, 3.05) is 25.5 Å². The second-order valence-electron chi connectivity index (χ2n) is 9.15. The molecular formula is C29H33N3O4. The van der Waals surface area contributed by atoms with Crippen molar-refractivity contribution < 1.29 is 19.4 Å². The molecule has 1 saturated heterocycles. The molecule has 1 aliphatic heterocycles. The minimum Gasteiger partial charge on any atom is -0.392 e. The van der Waals surface area contributed by atoms with Crippen LogP contribution in [0.3, 0.4) is 0 Å². The number of aliphatic hydroxyl groups is 1. The third-order valence-corrected chi connectivity index (χ3v) is 6.40. The van der Waals surface area contributed by atoms with Crippen LogP contribution in [0, 0.1) is 5.92 Å². The van der Waals surface area contributed by atoms with Gasteiger partial charge in [-0.1, -0.05) is 49.4 Å². The first-order valence-electron chi connectivity index (χ1n) is 12.1. The van der Waals surface area contributed by atoms with Crippen LogP contribution in [-0.2, 0) is 16.1 Å². The van der Waals surface area contributed by atoms with Crippen LogP contribution < -0.4 is 5.32 Å². The van der Waals surface area contributed by atoms with E-state index in [0.29, 0.717) is 11.3 Å². The lowest BCUT2D eigenvalue weighted by Crippen LogP contribution is -2.43. The summed E-state index contributed by atoms with van der Waals surface area (Å²) >= 11 is 0. The van der Waals surface area contributed by atoms with Gasteiger partial charge < -0.3 is 24.8 Å². The summed E-state index contributed by atoms with van der Waals surface area (Å²) in [6.07, 6.45) is 4.14. The summed E-state index contributed by atoms with van der Waals surface area (Å²) in [4.78, 5) is 18.8. The summed E-state index contributed by atoms with van der Waals surface area (Å²) in [5, 5.41) is 12.4. The first kappa shape index (κ1) is 25.7. The van der Waals surface area contributed by atoms with Crippen LogP contribution in [0.2, 0.25) is 0 Å². The Bertz CT molecular complexity index is 1150. The molecule has 0 spiro atoms. The van der Waals surface area contributed by atoms with Gasteiger partial charge in [-0.25, -0.2) is 0 Å². The van der Waals surface area contributed by atoms with Crippen molar-refractivity contribution in [3.05, 3.63) is 108 Å². The number of anilines is 1. The van der Waals surface area contributed by atoms with Crippen molar-refractivity contribution in [1.29, 1.82) is 0 Å². The van der Waals surface area contributed by atoms with E-state index in [4.69, 9.17) is 9.47 Å². The molecular weight excluding hydrogens is 454 g/mol. The highest BCUT2D eigenvalue weighted by atomic mass is 16.7. The maximum absolute atomic E-state index is 12.6. The van der Waals surface area contributed by atoms with Crippen LogP contribution in [0.4, 0.5) is 5.69 Å². The standard InChI is InChI=1S/C29H33N3O4/c1-4-15-32(3)18-26-20(2)27(22-12-10-21(19-33)11-13-22)36-29(35-26)23-7-5-9-25(16-23)31-28(34)24-8-6-14-30-17-24/h4-14,16-17,20,26-27,29,33H,1,15,18-19H2,2-3H3,(H,31,34)/t20-,26+,27+,29+/m1/s1. The molecule has 4 atom stereocenters. The van der Waals surface area contributed by atoms with Gasteiger partial charge >= 0.3 is 0 Å². The van der Waals surface area contributed by atoms with Crippen LogP contribution in [-0.4, -0.2) is 47.1 Å². The number of hydrogen-bond acceptors (Lipinski definition) is 6. The third kappa shape index (κ3) is 6.25. The van der Waals surface area contributed by atoms with Gasteiger partial charge in [0.2, 0.25) is 0 Å². The zero-order valence-electron chi connectivity index (χ0n) is 20.7. The molecule has 3 aromatic rings. The summed E-state index contributed by atoms with van der Waals surface area (Å²) in [5.74, 6) is -0.146. The Morgan fingerprint density at radius 2 is 1.94 bits per heavy atom. The SMILES string of the molecule is C=CCN(C)C[C@@H]1O[C@H](c2cccc(NC(=O)c3cccnc3)c2)O[C@H](c2ccc(CO)cc2)[C@@H]1C. The average molecular weight is 488 g/mol. The number of carbonyl (C=O) groups is 1. The highest BCUT2D eigenvalue weighted by Gasteiger charge is 2.38. The van der Waals surface area contributed by atoms with Gasteiger partial charge in [0.25, 0.3) is 5.91 Å². The van der Waals surface area contributed by atoms with Crippen LogP contribution >= 0.6 is 0 Å². The van der Waals surface area contributed by atoms with Crippen LogP contribution in [0.5, 0.6) is 0 Å². The molecule has 1 aromatic heterocycles. The topological polar surface area (TPSA) is 83.9 Å². The van der Waals surface area contributed by atoms with Crippen LogP contribution in [0.1, 0.15) is 46.4 Å². The molecule has 7 nitrogen and oxygen atoms in total. The molecule has 1 fully saturated rings. The zero-order chi connectivity index (χ0) is 25.5. The first-order valence-corrected chi connectivity index (χ1v) is 12.1. The van der Waals surface area contributed by atoms with Gasteiger partial charge in [0.15, 0.2) is 6.29 Å². The average Bonchev–Trinajstić information content (AvgIpc) is 2.90. The molecule has 0 radical (unpaired) electrons. The molecule has 2 N–H and O–H groups in total. The van der Waals surface area contributed by atoms with E-state index in [9.17, 15) is 9.90 Å². The Kier molecular flexibility index (Phi) is 8.61. The smallest absolute Gasteiger partial charge is 0.257 e. The van der Waals surface area contributed by atoms with Gasteiger partial charge in [-0.05, 0) is 42.4 Å². The van der Waals surface area contributed by atoms with Gasteiger partial charge in [-0.2, -0.15) is 0 Å². The quantitative estimate of drug-likeness (QED) is 0.425. The predicted molar refractivity (Wildman–Crippen MR) is 139 cm³/mol. The van der Waals surface area contributed by atoms with Gasteiger partial charge in [0.1, 0.15) is 0 Å². The van der Waals surface area contributed by atoms with Gasteiger partial charge in [0, 0.05) is 42.7 Å². The highest BCUT2D eigenvalue weighted by Crippen LogP contribution is 2.42. The molecule has 0 saturated carbocycles. The number of pyridine rings is 1. The van der Waals surface area contributed by atoms with Crippen molar-refractivity contribution >= 4 is 11.6 Å². The molecule has 7 heteroatoms. The number of aliphatic hydroxyl groups excluding tert-OH is 1. The number of amides is 1. The van der Waals surface area contributed by atoms with E-state index in [1.54, 1.807) is 18.3 Å². The number of nitrogens with one attached hydrogen (secondary N) is 1. The fourth-order valence-corrected chi connectivity index (χ4v) is 4.39. The van der Waals surface area contributed by atoms with E-state index >= 15 is 0 Å². The number of benzene rings is 2. The molecule has 0 bridgehead atoms.